The summed E-state index contributed by atoms with van der Waals surface area (Å²) in [5.41, 5.74) is 3.62. The van der Waals surface area contributed by atoms with Gasteiger partial charge in [0.15, 0.2) is 0 Å². The summed E-state index contributed by atoms with van der Waals surface area (Å²) < 4.78 is 0.981. The second-order valence-electron chi connectivity index (χ2n) is 6.80. The number of aromatic nitrogens is 2. The first-order chi connectivity index (χ1) is 15.1. The second kappa shape index (κ2) is 8.26. The second-order valence-corrected chi connectivity index (χ2v) is 9.71. The van der Waals surface area contributed by atoms with Crippen molar-refractivity contribution in [3.8, 4) is 53.8 Å². The molecule has 0 aliphatic carbocycles. The van der Waals surface area contributed by atoms with Crippen molar-refractivity contribution in [2.75, 3.05) is 0 Å². The highest BCUT2D eigenvalue weighted by Crippen LogP contribution is 2.42. The van der Waals surface area contributed by atoms with Gasteiger partial charge >= 0.3 is 0 Å². The maximum Gasteiger partial charge on any atom is 0.230 e. The number of hydrogen-bond acceptors (Lipinski definition) is 6. The van der Waals surface area contributed by atoms with Gasteiger partial charge in [-0.3, -0.25) is 0 Å². The minimum Gasteiger partial charge on any atom is -0.492 e. The smallest absolute Gasteiger partial charge is 0.230 e. The minimum absolute atomic E-state index is 0.0194. The van der Waals surface area contributed by atoms with Crippen molar-refractivity contribution < 1.29 is 10.2 Å². The summed E-state index contributed by atoms with van der Waals surface area (Å²) in [6.45, 7) is 0. The Morgan fingerprint density at radius 3 is 1.61 bits per heavy atom. The highest BCUT2D eigenvalue weighted by atomic mass is 79.9. The zero-order chi connectivity index (χ0) is 21.4. The van der Waals surface area contributed by atoms with E-state index in [1.165, 1.54) is 22.7 Å². The van der Waals surface area contributed by atoms with Crippen LogP contribution in [0, 0.1) is 0 Å². The molecule has 0 bridgehead atoms. The Kier molecular flexibility index (Phi) is 5.31. The van der Waals surface area contributed by atoms with E-state index in [1.54, 1.807) is 0 Å². The quantitative estimate of drug-likeness (QED) is 0.265. The summed E-state index contributed by atoms with van der Waals surface area (Å²) in [5.74, 6) is 0.0482. The molecule has 0 radical (unpaired) electrons. The molecule has 0 saturated carbocycles. The Morgan fingerprint density at radius 2 is 1.06 bits per heavy atom. The summed E-state index contributed by atoms with van der Waals surface area (Å²) >= 11 is 6.31. The number of hydrogen-bond donors (Lipinski definition) is 2. The van der Waals surface area contributed by atoms with Crippen LogP contribution in [0.15, 0.2) is 83.3 Å². The van der Waals surface area contributed by atoms with Crippen molar-refractivity contribution >= 4 is 38.6 Å². The standard InChI is InChI=1S/C24H15BrN2O2S2/c25-18-11-9-15(10-12-18)20-22(29)27-24(31-20)17-8-4-7-16(13-17)23-26-21(28)19(30-23)14-5-2-1-3-6-14/h1-13,28-29H. The monoisotopic (exact) mass is 506 g/mol. The molecule has 0 spiro atoms. The van der Waals surface area contributed by atoms with Crippen molar-refractivity contribution in [2.45, 2.75) is 0 Å². The predicted octanol–water partition coefficient (Wildman–Crippen LogP) is 7.44. The van der Waals surface area contributed by atoms with Crippen LogP contribution in [-0.4, -0.2) is 20.2 Å². The van der Waals surface area contributed by atoms with Crippen molar-refractivity contribution in [3.05, 3.63) is 83.3 Å². The van der Waals surface area contributed by atoms with Crippen LogP contribution in [0.2, 0.25) is 0 Å². The topological polar surface area (TPSA) is 66.2 Å². The molecule has 5 rings (SSSR count). The van der Waals surface area contributed by atoms with Crippen molar-refractivity contribution in [3.63, 3.8) is 0 Å². The first-order valence-corrected chi connectivity index (χ1v) is 11.8. The molecule has 0 unspecified atom stereocenters. The van der Waals surface area contributed by atoms with E-state index < -0.39 is 0 Å². The zero-order valence-electron chi connectivity index (χ0n) is 16.0. The summed E-state index contributed by atoms with van der Waals surface area (Å²) in [6.07, 6.45) is 0. The van der Waals surface area contributed by atoms with Gasteiger partial charge in [-0.15, -0.1) is 22.7 Å². The highest BCUT2D eigenvalue weighted by Gasteiger charge is 2.17. The zero-order valence-corrected chi connectivity index (χ0v) is 19.2. The van der Waals surface area contributed by atoms with Crippen molar-refractivity contribution in [2.24, 2.45) is 0 Å². The van der Waals surface area contributed by atoms with E-state index in [-0.39, 0.29) is 11.8 Å². The molecule has 0 aliphatic heterocycles. The molecule has 2 N–H and O–H groups in total. The van der Waals surface area contributed by atoms with Crippen LogP contribution >= 0.6 is 38.6 Å². The lowest BCUT2D eigenvalue weighted by atomic mass is 10.1. The lowest BCUT2D eigenvalue weighted by Crippen LogP contribution is -1.79. The maximum absolute atomic E-state index is 10.4. The average Bonchev–Trinajstić information content (AvgIpc) is 3.38. The van der Waals surface area contributed by atoms with Gasteiger partial charge in [-0.1, -0.05) is 76.6 Å². The molecule has 2 aromatic heterocycles. The molecule has 3 aromatic carbocycles. The molecular formula is C24H15BrN2O2S2. The van der Waals surface area contributed by atoms with E-state index in [1.807, 2.05) is 78.9 Å². The van der Waals surface area contributed by atoms with Gasteiger partial charge in [0.25, 0.3) is 0 Å². The molecular weight excluding hydrogens is 492 g/mol. The molecule has 0 saturated heterocycles. The summed E-state index contributed by atoms with van der Waals surface area (Å²) in [7, 11) is 0. The number of aromatic hydroxyl groups is 2. The molecule has 4 nitrogen and oxygen atoms in total. The van der Waals surface area contributed by atoms with Gasteiger partial charge in [0.1, 0.15) is 10.0 Å². The number of halogens is 1. The third-order valence-electron chi connectivity index (χ3n) is 4.72. The Hall–Kier alpha value is -3.00. The van der Waals surface area contributed by atoms with E-state index in [0.717, 1.165) is 46.5 Å². The average molecular weight is 507 g/mol. The van der Waals surface area contributed by atoms with Gasteiger partial charge in [-0.25, -0.2) is 9.97 Å². The van der Waals surface area contributed by atoms with Gasteiger partial charge < -0.3 is 10.2 Å². The van der Waals surface area contributed by atoms with Gasteiger partial charge in [0, 0.05) is 15.6 Å². The third kappa shape index (κ3) is 3.99. The first kappa shape index (κ1) is 19.9. The van der Waals surface area contributed by atoms with E-state index >= 15 is 0 Å². The van der Waals surface area contributed by atoms with Crippen LogP contribution in [0.4, 0.5) is 0 Å². The van der Waals surface area contributed by atoms with Crippen LogP contribution in [0.5, 0.6) is 11.8 Å². The summed E-state index contributed by atoms with van der Waals surface area (Å²) in [4.78, 5) is 10.2. The molecule has 0 aliphatic rings. The Morgan fingerprint density at radius 1 is 0.581 bits per heavy atom. The molecule has 152 valence electrons. The van der Waals surface area contributed by atoms with Gasteiger partial charge in [0.2, 0.25) is 11.8 Å². The molecule has 0 atom stereocenters. The van der Waals surface area contributed by atoms with Crippen LogP contribution < -0.4 is 0 Å². The summed E-state index contributed by atoms with van der Waals surface area (Å²) in [5, 5.41) is 22.2. The molecule has 31 heavy (non-hydrogen) atoms. The van der Waals surface area contributed by atoms with Gasteiger partial charge in [-0.2, -0.15) is 0 Å². The largest absolute Gasteiger partial charge is 0.492 e. The van der Waals surface area contributed by atoms with Crippen LogP contribution in [0.1, 0.15) is 0 Å². The Bertz CT molecular complexity index is 1360. The SMILES string of the molecule is Oc1nc(-c2cccc(-c3nc(O)c(-c4ccc(Br)cc4)s3)c2)sc1-c1ccccc1. The van der Waals surface area contributed by atoms with E-state index in [4.69, 9.17) is 0 Å². The van der Waals surface area contributed by atoms with Gasteiger partial charge in [0.05, 0.1) is 9.75 Å². The van der Waals surface area contributed by atoms with E-state index in [0.29, 0.717) is 0 Å². The maximum atomic E-state index is 10.4. The van der Waals surface area contributed by atoms with Crippen LogP contribution in [-0.2, 0) is 0 Å². The summed E-state index contributed by atoms with van der Waals surface area (Å²) in [6, 6.07) is 25.3. The number of nitrogens with zero attached hydrogens (tertiary/aromatic N) is 2. The van der Waals surface area contributed by atoms with Crippen molar-refractivity contribution in [1.82, 2.24) is 9.97 Å². The van der Waals surface area contributed by atoms with Gasteiger partial charge in [-0.05, 0) is 29.3 Å². The lowest BCUT2D eigenvalue weighted by Gasteiger charge is -2.00. The number of rotatable bonds is 4. The Balaban J connectivity index is 1.51. The third-order valence-corrected chi connectivity index (χ3v) is 7.53. The lowest BCUT2D eigenvalue weighted by molar-refractivity contribution is 0.459. The predicted molar refractivity (Wildman–Crippen MR) is 131 cm³/mol. The molecule has 0 fully saturated rings. The van der Waals surface area contributed by atoms with E-state index in [9.17, 15) is 10.2 Å². The molecule has 7 heteroatoms. The van der Waals surface area contributed by atoms with Crippen LogP contribution in [0.3, 0.4) is 0 Å². The molecule has 2 heterocycles. The van der Waals surface area contributed by atoms with Crippen molar-refractivity contribution in [1.29, 1.82) is 0 Å². The molecule has 0 amide bonds. The minimum atomic E-state index is 0.0194. The Labute approximate surface area is 195 Å². The highest BCUT2D eigenvalue weighted by molar-refractivity contribution is 9.10. The fourth-order valence-corrected chi connectivity index (χ4v) is 5.41. The first-order valence-electron chi connectivity index (χ1n) is 9.40. The molecule has 5 aromatic rings. The van der Waals surface area contributed by atoms with Crippen LogP contribution in [0.25, 0.3) is 42.0 Å². The normalized spacial score (nSPS) is 11.0. The number of thiazole rings is 2. The number of benzene rings is 3. The van der Waals surface area contributed by atoms with E-state index in [2.05, 4.69) is 25.9 Å². The fraction of sp³-hybridized carbons (Fsp3) is 0. The fourth-order valence-electron chi connectivity index (χ4n) is 3.22.